The van der Waals surface area contributed by atoms with Crippen LogP contribution in [0.2, 0.25) is 0 Å². The summed E-state index contributed by atoms with van der Waals surface area (Å²) in [4.78, 5) is 17.0. The maximum absolute atomic E-state index is 12.7. The van der Waals surface area contributed by atoms with E-state index in [1.165, 1.54) is 41.6 Å². The lowest BCUT2D eigenvalue weighted by molar-refractivity contribution is -0.114. The van der Waals surface area contributed by atoms with Crippen LogP contribution in [-0.4, -0.2) is 31.5 Å². The number of aliphatic imine (C=N–C) groups is 1. The number of rotatable bonds is 4. The van der Waals surface area contributed by atoms with Gasteiger partial charge in [0.1, 0.15) is 5.04 Å². The van der Waals surface area contributed by atoms with E-state index in [0.29, 0.717) is 17.6 Å². The maximum atomic E-state index is 12.7. The normalized spacial score (nSPS) is 21.1. The van der Waals surface area contributed by atoms with Crippen LogP contribution in [0.3, 0.4) is 0 Å². The molecule has 7 heteroatoms. The van der Waals surface area contributed by atoms with Crippen LogP contribution in [0.15, 0.2) is 64.3 Å². The van der Waals surface area contributed by atoms with Crippen LogP contribution in [0.1, 0.15) is 43.4 Å². The molecule has 1 aliphatic carbocycles. The smallest absolute Gasteiger partial charge is 0.283 e. The van der Waals surface area contributed by atoms with Crippen molar-refractivity contribution in [1.82, 2.24) is 9.58 Å². The van der Waals surface area contributed by atoms with Crippen molar-refractivity contribution in [2.75, 3.05) is 0 Å². The molecular weight excluding hydrogens is 394 g/mol. The van der Waals surface area contributed by atoms with Crippen LogP contribution in [0.4, 0.5) is 0 Å². The first kappa shape index (κ1) is 19.1. The third-order valence-corrected chi connectivity index (χ3v) is 6.85. The van der Waals surface area contributed by atoms with E-state index >= 15 is 0 Å². The molecule has 2 aromatic rings. The van der Waals surface area contributed by atoms with Gasteiger partial charge in [-0.3, -0.25) is 10.2 Å². The number of carbonyl (C=O) groups excluding carboxylic acids is 1. The van der Waals surface area contributed by atoms with Gasteiger partial charge < -0.3 is 4.57 Å². The van der Waals surface area contributed by atoms with Gasteiger partial charge in [0.05, 0.1) is 5.57 Å². The summed E-state index contributed by atoms with van der Waals surface area (Å²) in [7, 11) is 0. The number of aromatic nitrogens is 1. The number of amides is 1. The minimum Gasteiger partial charge on any atom is -0.344 e. The second-order valence-corrected chi connectivity index (χ2v) is 8.83. The molecule has 0 bridgehead atoms. The summed E-state index contributed by atoms with van der Waals surface area (Å²) in [6.07, 6.45) is 9.72. The molecule has 3 heterocycles. The molecular formula is C23H23N5OS. The molecule has 152 valence electrons. The number of hydrazone groups is 1. The number of carbonyl (C=O) groups is 1. The lowest BCUT2D eigenvalue weighted by atomic mass is 9.90. The number of hydrogen-bond donors (Lipinski definition) is 1. The molecule has 0 unspecified atom stereocenters. The highest BCUT2D eigenvalue weighted by atomic mass is 32.2. The largest absolute Gasteiger partial charge is 0.344 e. The Hall–Kier alpha value is -2.93. The lowest BCUT2D eigenvalue weighted by Crippen LogP contribution is -2.35. The maximum Gasteiger partial charge on any atom is 0.283 e. The van der Waals surface area contributed by atoms with Crippen molar-refractivity contribution < 1.29 is 4.79 Å². The van der Waals surface area contributed by atoms with E-state index in [1.807, 2.05) is 36.5 Å². The van der Waals surface area contributed by atoms with Crippen LogP contribution in [0, 0.1) is 11.3 Å². The number of hydrogen-bond acceptors (Lipinski definition) is 4. The molecule has 3 aliphatic rings. The Kier molecular flexibility index (Phi) is 5.12. The molecule has 30 heavy (non-hydrogen) atoms. The zero-order chi connectivity index (χ0) is 20.5. The quantitative estimate of drug-likeness (QED) is 0.731. The molecule has 6 nitrogen and oxygen atoms in total. The van der Waals surface area contributed by atoms with Gasteiger partial charge in [-0.25, -0.2) is 0 Å². The monoisotopic (exact) mass is 417 g/mol. The Morgan fingerprint density at radius 3 is 2.70 bits per heavy atom. The average molecular weight is 418 g/mol. The summed E-state index contributed by atoms with van der Waals surface area (Å²) in [6, 6.07) is 14.1. The zero-order valence-electron chi connectivity index (χ0n) is 16.6. The number of benzene rings is 1. The second-order valence-electron chi connectivity index (χ2n) is 7.84. The molecule has 1 aromatic carbocycles. The van der Waals surface area contributed by atoms with Gasteiger partial charge in [0, 0.05) is 24.4 Å². The highest BCUT2D eigenvalue weighted by Gasteiger charge is 2.38. The van der Waals surface area contributed by atoms with Gasteiger partial charge in [0.15, 0.2) is 5.84 Å². The van der Waals surface area contributed by atoms with Crippen molar-refractivity contribution in [1.29, 1.82) is 5.41 Å². The molecule has 0 spiro atoms. The Balaban J connectivity index is 1.41. The summed E-state index contributed by atoms with van der Waals surface area (Å²) < 4.78 is 2.07. The van der Waals surface area contributed by atoms with E-state index in [-0.39, 0.29) is 17.3 Å². The van der Waals surface area contributed by atoms with Crippen LogP contribution < -0.4 is 0 Å². The van der Waals surface area contributed by atoms with Crippen molar-refractivity contribution in [3.8, 4) is 0 Å². The van der Waals surface area contributed by atoms with Gasteiger partial charge in [0.2, 0.25) is 5.17 Å². The van der Waals surface area contributed by atoms with Crippen LogP contribution in [0.5, 0.6) is 0 Å². The molecule has 0 atom stereocenters. The third-order valence-electron chi connectivity index (χ3n) is 5.78. The summed E-state index contributed by atoms with van der Waals surface area (Å²) >= 11 is 1.46. The molecule has 0 radical (unpaired) electrons. The van der Waals surface area contributed by atoms with E-state index in [0.717, 1.165) is 23.6 Å². The minimum atomic E-state index is -0.369. The van der Waals surface area contributed by atoms with Crippen molar-refractivity contribution in [3.63, 3.8) is 0 Å². The third kappa shape index (κ3) is 3.65. The topological polar surface area (TPSA) is 73.8 Å². The Bertz CT molecular complexity index is 1080. The van der Waals surface area contributed by atoms with E-state index in [4.69, 9.17) is 5.41 Å². The molecule has 1 amide bonds. The van der Waals surface area contributed by atoms with Gasteiger partial charge in [-0.05, 0) is 48.4 Å². The van der Waals surface area contributed by atoms with Crippen molar-refractivity contribution >= 4 is 39.8 Å². The van der Waals surface area contributed by atoms with Gasteiger partial charge in [-0.2, -0.15) is 15.1 Å². The average Bonchev–Trinajstić information content (AvgIpc) is 3.39. The molecule has 5 rings (SSSR count). The highest BCUT2D eigenvalue weighted by molar-refractivity contribution is 8.27. The molecule has 2 aliphatic heterocycles. The summed E-state index contributed by atoms with van der Waals surface area (Å²) in [6.45, 7) is 0.701. The molecule has 0 saturated heterocycles. The standard InChI is InChI=1S/C23H23N5OS/c24-20-19(14-18-12-7-13-27(18)15-16-8-3-1-4-9-16)21(29)25-23-28(20)26-22(30-23)17-10-5-2-6-11-17/h1,3-4,7-9,12-14,17,24H,2,5-6,10-11,15H2. The zero-order valence-corrected chi connectivity index (χ0v) is 17.4. The fourth-order valence-corrected chi connectivity index (χ4v) is 5.21. The molecule has 1 N–H and O–H groups in total. The fourth-order valence-electron chi connectivity index (χ4n) is 4.15. The Morgan fingerprint density at radius 1 is 1.10 bits per heavy atom. The highest BCUT2D eigenvalue weighted by Crippen LogP contribution is 2.36. The number of amidine groups is 2. The SMILES string of the molecule is N=C1C(=Cc2cccn2Cc2ccccc2)C(=O)N=C2SC(C3CCCCC3)=NN12. The van der Waals surface area contributed by atoms with E-state index < -0.39 is 0 Å². The van der Waals surface area contributed by atoms with E-state index in [9.17, 15) is 4.79 Å². The fraction of sp³-hybridized carbons (Fsp3) is 0.304. The summed E-state index contributed by atoms with van der Waals surface area (Å²) in [5, 5.41) is 16.4. The van der Waals surface area contributed by atoms with E-state index in [2.05, 4.69) is 26.8 Å². The molecule has 1 aromatic heterocycles. The van der Waals surface area contributed by atoms with Crippen molar-refractivity contribution in [3.05, 3.63) is 65.5 Å². The summed E-state index contributed by atoms with van der Waals surface area (Å²) in [5.41, 5.74) is 2.33. The number of fused-ring (bicyclic) bond motifs is 1. The first-order chi connectivity index (χ1) is 14.7. The number of nitrogens with zero attached hydrogens (tertiary/aromatic N) is 4. The van der Waals surface area contributed by atoms with Gasteiger partial charge in [-0.1, -0.05) is 49.6 Å². The molecule has 1 fully saturated rings. The first-order valence-corrected chi connectivity index (χ1v) is 11.2. The predicted molar refractivity (Wildman–Crippen MR) is 122 cm³/mol. The predicted octanol–water partition coefficient (Wildman–Crippen LogP) is 4.74. The Labute approximate surface area is 179 Å². The van der Waals surface area contributed by atoms with Crippen molar-refractivity contribution in [2.45, 2.75) is 38.6 Å². The van der Waals surface area contributed by atoms with Gasteiger partial charge >= 0.3 is 0 Å². The van der Waals surface area contributed by atoms with Crippen molar-refractivity contribution in [2.24, 2.45) is 16.0 Å². The van der Waals surface area contributed by atoms with Gasteiger partial charge in [-0.15, -0.1) is 0 Å². The minimum absolute atomic E-state index is 0.107. The summed E-state index contributed by atoms with van der Waals surface area (Å²) in [5.74, 6) is 0.164. The number of nitrogens with one attached hydrogen (secondary N) is 1. The second kappa shape index (κ2) is 8.07. The van der Waals surface area contributed by atoms with E-state index in [1.54, 1.807) is 6.08 Å². The van der Waals surface area contributed by atoms with Gasteiger partial charge in [0.25, 0.3) is 5.91 Å². The Morgan fingerprint density at radius 2 is 1.90 bits per heavy atom. The van der Waals surface area contributed by atoms with Crippen LogP contribution >= 0.6 is 11.8 Å². The molecule has 1 saturated carbocycles. The number of thioether (sulfide) groups is 1. The van der Waals surface area contributed by atoms with Crippen LogP contribution in [0.25, 0.3) is 6.08 Å². The first-order valence-electron chi connectivity index (χ1n) is 10.4. The lowest BCUT2D eigenvalue weighted by Gasteiger charge is -2.20. The van der Waals surface area contributed by atoms with Crippen LogP contribution in [-0.2, 0) is 11.3 Å².